The molecule has 1 aromatic heterocycles. The van der Waals surface area contributed by atoms with E-state index in [0.717, 1.165) is 72.5 Å². The number of piperazine rings is 1. The van der Waals surface area contributed by atoms with Gasteiger partial charge >= 0.3 is 0 Å². The molecule has 0 bridgehead atoms. The van der Waals surface area contributed by atoms with E-state index in [1.54, 1.807) is 7.11 Å². The van der Waals surface area contributed by atoms with E-state index in [-0.39, 0.29) is 11.8 Å². The zero-order valence-electron chi connectivity index (χ0n) is 22.8. The molecule has 0 saturated carbocycles. The van der Waals surface area contributed by atoms with Gasteiger partial charge in [0, 0.05) is 61.8 Å². The molecule has 40 heavy (non-hydrogen) atoms. The third-order valence-electron chi connectivity index (χ3n) is 8.20. The van der Waals surface area contributed by atoms with E-state index in [1.807, 2.05) is 94.7 Å². The molecule has 7 heteroatoms. The first-order valence-corrected chi connectivity index (χ1v) is 14.0. The molecule has 0 aliphatic carbocycles. The fourth-order valence-electron chi connectivity index (χ4n) is 5.94. The van der Waals surface area contributed by atoms with Crippen LogP contribution in [0.25, 0.3) is 22.2 Å². The Bertz CT molecular complexity index is 1510. The van der Waals surface area contributed by atoms with E-state index in [2.05, 4.69) is 4.90 Å². The number of pyridine rings is 1. The van der Waals surface area contributed by atoms with Gasteiger partial charge in [-0.3, -0.25) is 14.5 Å². The van der Waals surface area contributed by atoms with Gasteiger partial charge in [-0.1, -0.05) is 48.5 Å². The lowest BCUT2D eigenvalue weighted by Crippen LogP contribution is -2.54. The summed E-state index contributed by atoms with van der Waals surface area (Å²) >= 11 is 0. The molecule has 4 aromatic rings. The number of methoxy groups -OCH3 is 1. The fourth-order valence-corrected chi connectivity index (χ4v) is 5.94. The lowest BCUT2D eigenvalue weighted by Gasteiger charge is -2.42. The van der Waals surface area contributed by atoms with Crippen molar-refractivity contribution in [1.82, 2.24) is 19.7 Å². The normalized spacial score (nSPS) is 16.7. The molecule has 2 amide bonds. The SMILES string of the molecule is COc1cccc(-c2cc(C(=O)N3CCN(C4CCN(C(=O)c5ccccc5)CC4)CC3)c3ccccc3n2)c1. The van der Waals surface area contributed by atoms with E-state index in [1.165, 1.54) is 0 Å². The number of carbonyl (C=O) groups excluding carboxylic acids is 2. The van der Waals surface area contributed by atoms with Gasteiger partial charge < -0.3 is 14.5 Å². The number of piperidine rings is 1. The van der Waals surface area contributed by atoms with Crippen molar-refractivity contribution in [3.8, 4) is 17.0 Å². The van der Waals surface area contributed by atoms with Crippen molar-refractivity contribution in [1.29, 1.82) is 0 Å². The van der Waals surface area contributed by atoms with Gasteiger partial charge in [0.1, 0.15) is 5.75 Å². The molecule has 0 spiro atoms. The number of para-hydroxylation sites is 1. The Balaban J connectivity index is 1.12. The minimum atomic E-state index is 0.0469. The number of rotatable bonds is 5. The summed E-state index contributed by atoms with van der Waals surface area (Å²) in [6.07, 6.45) is 1.93. The van der Waals surface area contributed by atoms with Crippen molar-refractivity contribution in [3.63, 3.8) is 0 Å². The van der Waals surface area contributed by atoms with Crippen LogP contribution in [0.5, 0.6) is 5.75 Å². The largest absolute Gasteiger partial charge is 0.497 e. The van der Waals surface area contributed by atoms with Crippen molar-refractivity contribution >= 4 is 22.7 Å². The van der Waals surface area contributed by atoms with Crippen LogP contribution in [0.1, 0.15) is 33.6 Å². The summed E-state index contributed by atoms with van der Waals surface area (Å²) in [6, 6.07) is 27.5. The third kappa shape index (κ3) is 5.29. The van der Waals surface area contributed by atoms with E-state index in [9.17, 15) is 9.59 Å². The Kier molecular flexibility index (Phi) is 7.47. The average molecular weight is 535 g/mol. The fraction of sp³-hybridized carbons (Fsp3) is 0.303. The van der Waals surface area contributed by atoms with Gasteiger partial charge in [0.05, 0.1) is 23.9 Å². The highest BCUT2D eigenvalue weighted by atomic mass is 16.5. The number of aromatic nitrogens is 1. The van der Waals surface area contributed by atoms with Crippen LogP contribution in [0.4, 0.5) is 0 Å². The maximum absolute atomic E-state index is 13.9. The summed E-state index contributed by atoms with van der Waals surface area (Å²) < 4.78 is 5.41. The number of carbonyl (C=O) groups is 2. The maximum atomic E-state index is 13.9. The molecule has 0 unspecified atom stereocenters. The van der Waals surface area contributed by atoms with Crippen LogP contribution in [0, 0.1) is 0 Å². The monoisotopic (exact) mass is 534 g/mol. The Morgan fingerprint density at radius 3 is 2.20 bits per heavy atom. The van der Waals surface area contributed by atoms with Crippen LogP contribution in [0.15, 0.2) is 84.9 Å². The molecule has 3 aromatic carbocycles. The topological polar surface area (TPSA) is 66.0 Å². The molecule has 0 atom stereocenters. The van der Waals surface area contributed by atoms with E-state index >= 15 is 0 Å². The van der Waals surface area contributed by atoms with Gasteiger partial charge in [0.25, 0.3) is 11.8 Å². The molecule has 0 N–H and O–H groups in total. The van der Waals surface area contributed by atoms with Gasteiger partial charge in [-0.25, -0.2) is 4.98 Å². The smallest absolute Gasteiger partial charge is 0.254 e. The first-order valence-electron chi connectivity index (χ1n) is 14.0. The van der Waals surface area contributed by atoms with Crippen molar-refractivity contribution < 1.29 is 14.3 Å². The number of amides is 2. The first kappa shape index (κ1) is 26.0. The number of hydrogen-bond donors (Lipinski definition) is 0. The Morgan fingerprint density at radius 2 is 1.45 bits per heavy atom. The number of benzene rings is 3. The lowest BCUT2D eigenvalue weighted by atomic mass is 10.0. The van der Waals surface area contributed by atoms with Crippen LogP contribution in [0.2, 0.25) is 0 Å². The van der Waals surface area contributed by atoms with Crippen LogP contribution >= 0.6 is 0 Å². The van der Waals surface area contributed by atoms with Crippen molar-refractivity contribution in [2.24, 2.45) is 0 Å². The number of likely N-dealkylation sites (tertiary alicyclic amines) is 1. The maximum Gasteiger partial charge on any atom is 0.254 e. The molecule has 2 fully saturated rings. The lowest BCUT2D eigenvalue weighted by molar-refractivity contribution is 0.0413. The van der Waals surface area contributed by atoms with Crippen molar-refractivity contribution in [2.75, 3.05) is 46.4 Å². The van der Waals surface area contributed by atoms with Gasteiger partial charge in [0.15, 0.2) is 0 Å². The number of fused-ring (bicyclic) bond motifs is 1. The predicted molar refractivity (Wildman–Crippen MR) is 157 cm³/mol. The second kappa shape index (κ2) is 11.5. The summed E-state index contributed by atoms with van der Waals surface area (Å²) in [5.41, 5.74) is 3.93. The van der Waals surface area contributed by atoms with Crippen LogP contribution in [0.3, 0.4) is 0 Å². The van der Waals surface area contributed by atoms with E-state index in [0.29, 0.717) is 24.7 Å². The Morgan fingerprint density at radius 1 is 0.750 bits per heavy atom. The zero-order chi connectivity index (χ0) is 27.5. The summed E-state index contributed by atoms with van der Waals surface area (Å²) in [7, 11) is 1.65. The Labute approximate surface area is 235 Å². The highest BCUT2D eigenvalue weighted by Gasteiger charge is 2.31. The third-order valence-corrected chi connectivity index (χ3v) is 8.20. The number of hydrogen-bond acceptors (Lipinski definition) is 5. The Hall–Kier alpha value is -4.23. The van der Waals surface area contributed by atoms with Gasteiger partial charge in [-0.2, -0.15) is 0 Å². The highest BCUT2D eigenvalue weighted by Crippen LogP contribution is 2.29. The van der Waals surface area contributed by atoms with E-state index in [4.69, 9.17) is 9.72 Å². The molecule has 7 nitrogen and oxygen atoms in total. The molecule has 3 heterocycles. The highest BCUT2D eigenvalue weighted by molar-refractivity contribution is 6.07. The molecule has 6 rings (SSSR count). The molecule has 2 aliphatic rings. The minimum absolute atomic E-state index is 0.0469. The second-order valence-corrected chi connectivity index (χ2v) is 10.5. The van der Waals surface area contributed by atoms with Gasteiger partial charge in [0.2, 0.25) is 0 Å². The summed E-state index contributed by atoms with van der Waals surface area (Å²) in [5.74, 6) is 0.921. The average Bonchev–Trinajstić information content (AvgIpc) is 3.04. The molecule has 0 radical (unpaired) electrons. The molecule has 2 saturated heterocycles. The van der Waals surface area contributed by atoms with Crippen LogP contribution in [-0.2, 0) is 0 Å². The molecular weight excluding hydrogens is 500 g/mol. The number of ether oxygens (including phenoxy) is 1. The first-order chi connectivity index (χ1) is 19.6. The zero-order valence-corrected chi connectivity index (χ0v) is 22.8. The van der Waals surface area contributed by atoms with Gasteiger partial charge in [-0.15, -0.1) is 0 Å². The van der Waals surface area contributed by atoms with Crippen LogP contribution in [-0.4, -0.2) is 83.9 Å². The molecule has 2 aliphatic heterocycles. The summed E-state index contributed by atoms with van der Waals surface area (Å²) in [6.45, 7) is 4.60. The molecule has 204 valence electrons. The standard InChI is InChI=1S/C33H34N4O3/c1-40-27-11-7-10-25(22-27)31-23-29(28-12-5-6-13-30(28)34-31)33(39)37-20-18-35(19-21-37)26-14-16-36(17-15-26)32(38)24-8-3-2-4-9-24/h2-13,22-23,26H,14-21H2,1H3. The van der Waals surface area contributed by atoms with Crippen molar-refractivity contribution in [2.45, 2.75) is 18.9 Å². The summed E-state index contributed by atoms with van der Waals surface area (Å²) in [5, 5.41) is 0.872. The predicted octanol–water partition coefficient (Wildman–Crippen LogP) is 4.97. The second-order valence-electron chi connectivity index (χ2n) is 10.5. The minimum Gasteiger partial charge on any atom is -0.497 e. The van der Waals surface area contributed by atoms with Crippen molar-refractivity contribution in [3.05, 3.63) is 96.1 Å². The summed E-state index contributed by atoms with van der Waals surface area (Å²) in [4.78, 5) is 38.0. The molecular formula is C33H34N4O3. The number of nitrogens with zero attached hydrogens (tertiary/aromatic N) is 4. The van der Waals surface area contributed by atoms with Crippen LogP contribution < -0.4 is 4.74 Å². The quantitative estimate of drug-likeness (QED) is 0.362. The van der Waals surface area contributed by atoms with E-state index < -0.39 is 0 Å². The van der Waals surface area contributed by atoms with Gasteiger partial charge in [-0.05, 0) is 49.2 Å².